The van der Waals surface area contributed by atoms with Crippen molar-refractivity contribution in [3.63, 3.8) is 0 Å². The Morgan fingerprint density at radius 1 is 1.06 bits per heavy atom. The summed E-state index contributed by atoms with van der Waals surface area (Å²) in [6.07, 6.45) is 0. The quantitative estimate of drug-likeness (QED) is 0.792. The minimum absolute atomic E-state index is 0. The van der Waals surface area contributed by atoms with Gasteiger partial charge in [0.15, 0.2) is 0 Å². The van der Waals surface area contributed by atoms with Crippen LogP contribution in [0, 0.1) is 0 Å². The van der Waals surface area contributed by atoms with E-state index in [1.807, 2.05) is 32.9 Å². The summed E-state index contributed by atoms with van der Waals surface area (Å²) in [5.74, 6) is -0.851. The van der Waals surface area contributed by atoms with Gasteiger partial charge in [0.05, 0.1) is 5.56 Å². The summed E-state index contributed by atoms with van der Waals surface area (Å²) in [5, 5.41) is 9.22. The first-order chi connectivity index (χ1) is 7.53. The monoisotopic (exact) mass is 276 g/mol. The van der Waals surface area contributed by atoms with Crippen LogP contribution in [-0.2, 0) is 10.8 Å². The third-order valence-corrected chi connectivity index (χ3v) is 2.92. The smallest absolute Gasteiger partial charge is 1.00 e. The fourth-order valence-corrected chi connectivity index (χ4v) is 1.82. The molecule has 98 valence electrons. The van der Waals surface area contributed by atoms with Crippen molar-refractivity contribution in [1.82, 2.24) is 0 Å². The van der Waals surface area contributed by atoms with Crippen LogP contribution in [0.15, 0.2) is 18.2 Å². The zero-order valence-electron chi connectivity index (χ0n) is 14.3. The van der Waals surface area contributed by atoms with Crippen LogP contribution in [0.3, 0.4) is 0 Å². The number of carbonyl (C=O) groups is 1. The molecule has 0 aliphatic heterocycles. The summed E-state index contributed by atoms with van der Waals surface area (Å²) in [5.41, 5.74) is 2.36. The largest absolute Gasteiger partial charge is 2.00 e. The predicted molar refractivity (Wildman–Crippen MR) is 78.8 cm³/mol. The Kier molecular flexibility index (Phi) is 5.92. The van der Waals surface area contributed by atoms with Crippen molar-refractivity contribution in [2.75, 3.05) is 0 Å². The zero-order chi connectivity index (χ0) is 13.4. The minimum Gasteiger partial charge on any atom is -1.00 e. The maximum Gasteiger partial charge on any atom is 2.00 e. The predicted octanol–water partition coefficient (Wildman–Crippen LogP) is 3.82. The van der Waals surface area contributed by atoms with Crippen LogP contribution in [0.1, 0.15) is 65.9 Å². The zero-order valence-corrected chi connectivity index (χ0v) is 14.5. The number of hydrogen-bond donors (Lipinski definition) is 1. The van der Waals surface area contributed by atoms with Crippen LogP contribution in [-0.4, -0.2) is 48.8 Å². The van der Waals surface area contributed by atoms with E-state index in [0.717, 1.165) is 5.56 Å². The average Bonchev–Trinajstić information content (AvgIpc) is 2.14. The second-order valence-corrected chi connectivity index (χ2v) is 6.57. The van der Waals surface area contributed by atoms with E-state index in [0.29, 0.717) is 5.56 Å². The molecule has 0 saturated heterocycles. The van der Waals surface area contributed by atoms with E-state index in [4.69, 9.17) is 0 Å². The maximum absolute atomic E-state index is 11.2. The van der Waals surface area contributed by atoms with E-state index >= 15 is 0 Å². The molecular weight excluding hydrogens is 252 g/mol. The van der Waals surface area contributed by atoms with Crippen molar-refractivity contribution in [3.05, 3.63) is 34.9 Å². The van der Waals surface area contributed by atoms with Gasteiger partial charge in [0.2, 0.25) is 0 Å². The fraction of sp³-hybridized carbons (Fsp3) is 0.533. The molecule has 0 aliphatic carbocycles. The van der Waals surface area contributed by atoms with Crippen molar-refractivity contribution in [2.45, 2.75) is 52.4 Å². The Hall–Kier alpha value is -0.0503. The topological polar surface area (TPSA) is 37.3 Å². The molecule has 0 atom stereocenters. The first kappa shape index (κ1) is 17.9. The molecule has 1 aromatic carbocycles. The molecule has 1 N–H and O–H groups in total. The van der Waals surface area contributed by atoms with Gasteiger partial charge in [-0.2, -0.15) is 0 Å². The molecule has 2 nitrogen and oxygen atoms in total. The first-order valence-electron chi connectivity index (χ1n) is 5.92. The summed E-state index contributed by atoms with van der Waals surface area (Å²) < 4.78 is 0. The number of carboxylic acid groups (broad SMARTS) is 1. The van der Waals surface area contributed by atoms with E-state index < -0.39 is 5.97 Å². The summed E-state index contributed by atoms with van der Waals surface area (Å²) in [6.45, 7) is 12.5. The number of benzene rings is 1. The van der Waals surface area contributed by atoms with Gasteiger partial charge < -0.3 is 7.96 Å². The van der Waals surface area contributed by atoms with Gasteiger partial charge >= 0.3 is 43.7 Å². The molecule has 0 unspecified atom stereocenters. The molecule has 0 aliphatic rings. The molecule has 0 aromatic heterocycles. The van der Waals surface area contributed by atoms with Crippen LogP contribution < -0.4 is 0 Å². The molecule has 1 rings (SSSR count). The number of aromatic carboxylic acids is 1. The van der Waals surface area contributed by atoms with Crippen molar-refractivity contribution < 1.29 is 12.8 Å². The van der Waals surface area contributed by atoms with Crippen molar-refractivity contribution in [2.24, 2.45) is 0 Å². The van der Waals surface area contributed by atoms with Crippen molar-refractivity contribution in [3.8, 4) is 0 Å². The Balaban J connectivity index is -0.000000963. The second-order valence-electron chi connectivity index (χ2n) is 6.57. The summed E-state index contributed by atoms with van der Waals surface area (Å²) in [7, 11) is 0. The van der Waals surface area contributed by atoms with Crippen LogP contribution >= 0.6 is 0 Å². The molecule has 0 fully saturated rings. The molecule has 0 amide bonds. The fourth-order valence-electron chi connectivity index (χ4n) is 1.82. The van der Waals surface area contributed by atoms with Crippen LogP contribution in [0.25, 0.3) is 0 Å². The van der Waals surface area contributed by atoms with Crippen molar-refractivity contribution >= 4 is 43.7 Å². The molecular formula is C15H24CaO2. The van der Waals surface area contributed by atoms with E-state index in [1.165, 1.54) is 5.56 Å². The molecule has 0 radical (unpaired) electrons. The Morgan fingerprint density at radius 2 is 1.56 bits per heavy atom. The third-order valence-electron chi connectivity index (χ3n) is 2.92. The summed E-state index contributed by atoms with van der Waals surface area (Å²) in [6, 6.07) is 5.67. The van der Waals surface area contributed by atoms with Crippen molar-refractivity contribution in [1.29, 1.82) is 0 Å². The first-order valence-corrected chi connectivity index (χ1v) is 5.92. The van der Waals surface area contributed by atoms with Gasteiger partial charge in [0.1, 0.15) is 0 Å². The summed E-state index contributed by atoms with van der Waals surface area (Å²) >= 11 is 0. The van der Waals surface area contributed by atoms with Gasteiger partial charge in [-0.3, -0.25) is 0 Å². The standard InChI is InChI=1S/C15H22O2.Ca.2H/c1-14(2,3)10-7-8-11(13(16)17)12(9-10)15(4,5)6;;;/h7-9H,1-6H3,(H,16,17);;;/q;+2;2*-1. The van der Waals surface area contributed by atoms with Crippen LogP contribution in [0.5, 0.6) is 0 Å². The normalized spacial score (nSPS) is 11.9. The van der Waals surface area contributed by atoms with Gasteiger partial charge in [-0.25, -0.2) is 4.79 Å². The van der Waals surface area contributed by atoms with Crippen LogP contribution in [0.4, 0.5) is 0 Å². The minimum atomic E-state index is -0.851. The maximum atomic E-state index is 11.2. The Bertz CT molecular complexity index is 446. The van der Waals surface area contributed by atoms with Crippen LogP contribution in [0.2, 0.25) is 0 Å². The SMILES string of the molecule is CC(C)(C)c1ccc(C(=O)O)c(C(C)(C)C)c1.[Ca+2].[H-].[H-]. The van der Waals surface area contributed by atoms with E-state index in [1.54, 1.807) is 6.07 Å². The second kappa shape index (κ2) is 5.94. The van der Waals surface area contributed by atoms with Gasteiger partial charge in [-0.15, -0.1) is 0 Å². The van der Waals surface area contributed by atoms with Gasteiger partial charge in [-0.05, 0) is 28.0 Å². The molecule has 1 aromatic rings. The average molecular weight is 276 g/mol. The number of hydrogen-bond acceptors (Lipinski definition) is 1. The molecule has 3 heteroatoms. The van der Waals surface area contributed by atoms with E-state index in [9.17, 15) is 9.90 Å². The molecule has 0 saturated carbocycles. The van der Waals surface area contributed by atoms with E-state index in [2.05, 4.69) is 20.8 Å². The van der Waals surface area contributed by atoms with Gasteiger partial charge in [-0.1, -0.05) is 53.7 Å². The molecule has 0 spiro atoms. The number of rotatable bonds is 1. The molecule has 18 heavy (non-hydrogen) atoms. The van der Waals surface area contributed by atoms with E-state index in [-0.39, 0.29) is 51.4 Å². The van der Waals surface area contributed by atoms with Gasteiger partial charge in [0, 0.05) is 0 Å². The van der Waals surface area contributed by atoms with Gasteiger partial charge in [0.25, 0.3) is 0 Å². The summed E-state index contributed by atoms with van der Waals surface area (Å²) in [4.78, 5) is 11.2. The Morgan fingerprint density at radius 3 is 1.89 bits per heavy atom. The molecule has 0 heterocycles. The number of carboxylic acids is 1. The third kappa shape index (κ3) is 4.25. The Labute approximate surface area is 143 Å². The molecule has 0 bridgehead atoms.